The summed E-state index contributed by atoms with van der Waals surface area (Å²) < 4.78 is 0. The highest BCUT2D eigenvalue weighted by atomic mass is 14.4. The van der Waals surface area contributed by atoms with Crippen LogP contribution in [0.3, 0.4) is 0 Å². The van der Waals surface area contributed by atoms with Crippen LogP contribution in [-0.2, 0) is 0 Å². The van der Waals surface area contributed by atoms with Crippen molar-refractivity contribution in [1.82, 2.24) is 6.15 Å². The minimum Gasteiger partial charge on any atom is -0.344 e. The Hall–Kier alpha value is -0.0400. The molecule has 0 aromatic heterocycles. The lowest BCUT2D eigenvalue weighted by Crippen LogP contribution is -1.87. The van der Waals surface area contributed by atoms with Crippen LogP contribution in [0.1, 0.15) is 201 Å². The molecule has 1 aliphatic carbocycles. The van der Waals surface area contributed by atoms with Crippen molar-refractivity contribution < 1.29 is 0 Å². The largest absolute Gasteiger partial charge is 0.344 e. The molecule has 1 saturated carbocycles. The van der Waals surface area contributed by atoms with E-state index >= 15 is 0 Å². The Kier molecular flexibility index (Phi) is 27.0. The molecule has 2 atom stereocenters. The van der Waals surface area contributed by atoms with E-state index in [-0.39, 0.29) is 6.15 Å². The first-order valence-corrected chi connectivity index (χ1v) is 16.7. The Morgan fingerprint density at radius 2 is 0.714 bits per heavy atom. The Morgan fingerprint density at radius 3 is 1.03 bits per heavy atom. The molecule has 3 N–H and O–H groups in total. The van der Waals surface area contributed by atoms with Gasteiger partial charge in [0.05, 0.1) is 0 Å². The summed E-state index contributed by atoms with van der Waals surface area (Å²) in [4.78, 5) is 0. The second kappa shape index (κ2) is 27.0. The third-order valence-electron chi connectivity index (χ3n) is 8.60. The van der Waals surface area contributed by atoms with E-state index in [9.17, 15) is 0 Å². The lowest BCUT2D eigenvalue weighted by Gasteiger charge is -2.05. The molecular formula is C34H71N. The van der Waals surface area contributed by atoms with Crippen molar-refractivity contribution in [1.29, 1.82) is 0 Å². The van der Waals surface area contributed by atoms with Gasteiger partial charge in [0.15, 0.2) is 0 Å². The van der Waals surface area contributed by atoms with Crippen molar-refractivity contribution in [2.75, 3.05) is 0 Å². The Morgan fingerprint density at radius 1 is 0.429 bits per heavy atom. The predicted molar refractivity (Wildman–Crippen MR) is 162 cm³/mol. The SMILES string of the molecule is CCCCCCCC[C@@H]1C[C@@H]1CCCCCCCCCCCCCCCCCCCCC(C)C.N. The molecule has 1 rings (SSSR count). The highest BCUT2D eigenvalue weighted by Crippen LogP contribution is 2.45. The Bertz CT molecular complexity index is 390. The van der Waals surface area contributed by atoms with Crippen molar-refractivity contribution in [3.05, 3.63) is 0 Å². The molecule has 0 spiro atoms. The maximum atomic E-state index is 2.35. The zero-order valence-electron chi connectivity index (χ0n) is 25.2. The van der Waals surface area contributed by atoms with Crippen molar-refractivity contribution in [3.8, 4) is 0 Å². The molecule has 0 unspecified atom stereocenters. The van der Waals surface area contributed by atoms with Gasteiger partial charge in [-0.25, -0.2) is 0 Å². The van der Waals surface area contributed by atoms with E-state index in [1.807, 2.05) is 0 Å². The van der Waals surface area contributed by atoms with Crippen LogP contribution < -0.4 is 6.15 Å². The summed E-state index contributed by atoms with van der Waals surface area (Å²) in [6, 6.07) is 0. The van der Waals surface area contributed by atoms with E-state index in [0.29, 0.717) is 0 Å². The zero-order valence-corrected chi connectivity index (χ0v) is 25.2. The molecule has 1 nitrogen and oxygen atoms in total. The van der Waals surface area contributed by atoms with Crippen LogP contribution in [0.4, 0.5) is 0 Å². The van der Waals surface area contributed by atoms with E-state index in [0.717, 1.165) is 17.8 Å². The molecular weight excluding hydrogens is 422 g/mol. The maximum absolute atomic E-state index is 2.35. The fourth-order valence-electron chi connectivity index (χ4n) is 5.99. The molecule has 0 bridgehead atoms. The van der Waals surface area contributed by atoms with Crippen LogP contribution in [0.5, 0.6) is 0 Å². The summed E-state index contributed by atoms with van der Waals surface area (Å²) >= 11 is 0. The monoisotopic (exact) mass is 494 g/mol. The third kappa shape index (κ3) is 25.4. The average molecular weight is 494 g/mol. The molecule has 0 saturated heterocycles. The molecule has 0 aromatic carbocycles. The second-order valence-corrected chi connectivity index (χ2v) is 12.6. The topological polar surface area (TPSA) is 35.0 Å². The van der Waals surface area contributed by atoms with E-state index < -0.39 is 0 Å². The highest BCUT2D eigenvalue weighted by Gasteiger charge is 2.34. The molecule has 0 radical (unpaired) electrons. The maximum Gasteiger partial charge on any atom is -0.0383 e. The van der Waals surface area contributed by atoms with Gasteiger partial charge in [0, 0.05) is 0 Å². The van der Waals surface area contributed by atoms with Crippen LogP contribution in [0, 0.1) is 17.8 Å². The number of rotatable bonds is 28. The first-order valence-electron chi connectivity index (χ1n) is 16.7. The molecule has 212 valence electrons. The minimum atomic E-state index is 0. The van der Waals surface area contributed by atoms with Gasteiger partial charge in [-0.15, -0.1) is 0 Å². The van der Waals surface area contributed by atoms with Gasteiger partial charge < -0.3 is 6.15 Å². The van der Waals surface area contributed by atoms with Crippen LogP contribution in [0.15, 0.2) is 0 Å². The lowest BCUT2D eigenvalue weighted by atomic mass is 10.0. The van der Waals surface area contributed by atoms with Crippen LogP contribution in [0.2, 0.25) is 0 Å². The van der Waals surface area contributed by atoms with Gasteiger partial charge >= 0.3 is 0 Å². The van der Waals surface area contributed by atoms with Crippen molar-refractivity contribution in [2.24, 2.45) is 17.8 Å². The van der Waals surface area contributed by atoms with Crippen LogP contribution >= 0.6 is 0 Å². The Labute approximate surface area is 224 Å². The molecule has 0 aliphatic heterocycles. The minimum absolute atomic E-state index is 0. The molecule has 1 aliphatic rings. The van der Waals surface area contributed by atoms with Crippen molar-refractivity contribution in [2.45, 2.75) is 201 Å². The van der Waals surface area contributed by atoms with Crippen molar-refractivity contribution in [3.63, 3.8) is 0 Å². The highest BCUT2D eigenvalue weighted by molar-refractivity contribution is 4.85. The molecule has 0 heterocycles. The summed E-state index contributed by atoms with van der Waals surface area (Å²) in [5.41, 5.74) is 0. The van der Waals surface area contributed by atoms with E-state index in [2.05, 4.69) is 20.8 Å². The second-order valence-electron chi connectivity index (χ2n) is 12.6. The van der Waals surface area contributed by atoms with E-state index in [1.54, 1.807) is 19.3 Å². The van der Waals surface area contributed by atoms with Crippen LogP contribution in [0.25, 0.3) is 0 Å². The molecule has 0 amide bonds. The summed E-state index contributed by atoms with van der Waals surface area (Å²) in [6.45, 7) is 7.01. The van der Waals surface area contributed by atoms with Crippen molar-refractivity contribution >= 4 is 0 Å². The number of hydrogen-bond donors (Lipinski definition) is 1. The van der Waals surface area contributed by atoms with Crippen LogP contribution in [-0.4, -0.2) is 0 Å². The smallest absolute Gasteiger partial charge is 0.0383 e. The zero-order chi connectivity index (χ0) is 24.5. The Balaban J connectivity index is 0.0000116. The molecule has 0 aromatic rings. The fraction of sp³-hybridized carbons (Fsp3) is 1.00. The standard InChI is InChI=1S/C34H68.H3N/c1-4-5-6-7-23-26-29-33-31-34(33)30-27-24-21-19-17-15-13-11-9-8-10-12-14-16-18-20-22-25-28-32(2)3;/h32-34H,4-31H2,1-3H3;1H3/t33-,34+;/m1./s1. The van der Waals surface area contributed by atoms with Gasteiger partial charge in [-0.1, -0.05) is 194 Å². The van der Waals surface area contributed by atoms with E-state index in [1.165, 1.54) is 161 Å². The molecule has 1 heteroatoms. The van der Waals surface area contributed by atoms with Gasteiger partial charge in [0.25, 0.3) is 0 Å². The molecule has 35 heavy (non-hydrogen) atoms. The van der Waals surface area contributed by atoms with Gasteiger partial charge in [0.2, 0.25) is 0 Å². The quantitative estimate of drug-likeness (QED) is 0.108. The summed E-state index contributed by atoms with van der Waals surface area (Å²) in [7, 11) is 0. The predicted octanol–water partition coefficient (Wildman–Crippen LogP) is 13.0. The fourth-order valence-corrected chi connectivity index (χ4v) is 5.99. The lowest BCUT2D eigenvalue weighted by molar-refractivity contribution is 0.499. The van der Waals surface area contributed by atoms with E-state index in [4.69, 9.17) is 0 Å². The van der Waals surface area contributed by atoms with Gasteiger partial charge in [-0.05, 0) is 24.2 Å². The van der Waals surface area contributed by atoms with Gasteiger partial charge in [-0.3, -0.25) is 0 Å². The van der Waals surface area contributed by atoms with Gasteiger partial charge in [-0.2, -0.15) is 0 Å². The number of unbranched alkanes of at least 4 members (excludes halogenated alkanes) is 22. The summed E-state index contributed by atoms with van der Waals surface area (Å²) in [5, 5.41) is 0. The molecule has 1 fully saturated rings. The normalized spacial score (nSPS) is 17.1. The summed E-state index contributed by atoms with van der Waals surface area (Å²) in [5.74, 6) is 3.17. The van der Waals surface area contributed by atoms with Gasteiger partial charge in [0.1, 0.15) is 0 Å². The number of hydrogen-bond acceptors (Lipinski definition) is 1. The third-order valence-corrected chi connectivity index (χ3v) is 8.60. The average Bonchev–Trinajstić information content (AvgIpc) is 3.57. The first-order chi connectivity index (χ1) is 16.7. The first kappa shape index (κ1) is 35.0. The summed E-state index contributed by atoms with van der Waals surface area (Å²) in [6.07, 6.45) is 41.8.